The van der Waals surface area contributed by atoms with Gasteiger partial charge in [-0.2, -0.15) is 0 Å². The van der Waals surface area contributed by atoms with Crippen molar-refractivity contribution >= 4 is 23.5 Å². The van der Waals surface area contributed by atoms with Crippen LogP contribution >= 0.6 is 0 Å². The second-order valence-corrected chi connectivity index (χ2v) is 5.98. The first-order valence-corrected chi connectivity index (χ1v) is 9.21. The molecule has 7 nitrogen and oxygen atoms in total. The van der Waals surface area contributed by atoms with E-state index in [1.807, 2.05) is 6.92 Å². The Bertz CT molecular complexity index is 583. The van der Waals surface area contributed by atoms with E-state index < -0.39 is 17.8 Å². The van der Waals surface area contributed by atoms with Crippen LogP contribution in [0.15, 0.2) is 24.3 Å². The summed E-state index contributed by atoms with van der Waals surface area (Å²) < 4.78 is 5.03. The van der Waals surface area contributed by atoms with Crippen LogP contribution in [0.25, 0.3) is 0 Å². The summed E-state index contributed by atoms with van der Waals surface area (Å²) in [5.74, 6) is -1.79. The Labute approximate surface area is 155 Å². The van der Waals surface area contributed by atoms with Crippen molar-refractivity contribution in [3.63, 3.8) is 0 Å². The molecule has 0 radical (unpaired) electrons. The predicted octanol–water partition coefficient (Wildman–Crippen LogP) is 0.623. The number of amides is 2. The number of benzene rings is 1. The second kappa shape index (κ2) is 12.0. The number of esters is 1. The highest BCUT2D eigenvalue weighted by Gasteiger charge is 2.14. The van der Waals surface area contributed by atoms with Crippen LogP contribution in [0.5, 0.6) is 0 Å². The zero-order valence-electron chi connectivity index (χ0n) is 15.9. The number of quaternary nitrogens is 1. The zero-order valence-corrected chi connectivity index (χ0v) is 15.9. The van der Waals surface area contributed by atoms with Crippen LogP contribution in [0.2, 0.25) is 0 Å². The van der Waals surface area contributed by atoms with Gasteiger partial charge in [0.2, 0.25) is 0 Å². The topological polar surface area (TPSA) is 88.9 Å². The molecule has 1 aromatic carbocycles. The van der Waals surface area contributed by atoms with Gasteiger partial charge in [-0.25, -0.2) is 4.79 Å². The van der Waals surface area contributed by atoms with Gasteiger partial charge in [-0.05, 0) is 44.5 Å². The molecule has 144 valence electrons. The summed E-state index contributed by atoms with van der Waals surface area (Å²) in [6.07, 6.45) is 1.58. The minimum absolute atomic E-state index is 0.368. The Balaban J connectivity index is 2.39. The Morgan fingerprint density at radius 2 is 1.65 bits per heavy atom. The number of anilines is 1. The van der Waals surface area contributed by atoms with Crippen molar-refractivity contribution in [3.05, 3.63) is 29.8 Å². The fourth-order valence-corrected chi connectivity index (χ4v) is 2.38. The highest BCUT2D eigenvalue weighted by Crippen LogP contribution is 2.10. The zero-order chi connectivity index (χ0) is 19.4. The smallest absolute Gasteiger partial charge is 0.338 e. The van der Waals surface area contributed by atoms with Gasteiger partial charge in [0.25, 0.3) is 0 Å². The molecule has 0 aliphatic heterocycles. The Kier molecular flexibility index (Phi) is 10.0. The normalized spacial score (nSPS) is 10.5. The van der Waals surface area contributed by atoms with E-state index in [1.54, 1.807) is 24.3 Å². The van der Waals surface area contributed by atoms with Crippen molar-refractivity contribution in [2.75, 3.05) is 38.1 Å². The highest BCUT2D eigenvalue weighted by atomic mass is 16.5. The molecule has 1 rings (SSSR count). The fraction of sp³-hybridized carbons (Fsp3) is 0.526. The third kappa shape index (κ3) is 7.65. The molecular formula is C19H30N3O4+. The monoisotopic (exact) mass is 364 g/mol. The largest absolute Gasteiger partial charge is 0.462 e. The molecule has 3 N–H and O–H groups in total. The standard InChI is InChI=1S/C19H29N3O4/c1-4-14-26-19(25)15-8-10-16(11-9-15)21-18(24)17(23)20-12-7-13-22(5-2)6-3/h8-11H,4-7,12-14H2,1-3H3,(H,20,23)(H,21,24)/p+1. The quantitative estimate of drug-likeness (QED) is 0.323. The number of ether oxygens (including phenoxy) is 1. The number of carbonyl (C=O) groups excluding carboxylic acids is 3. The van der Waals surface area contributed by atoms with Crippen LogP contribution in [0, 0.1) is 0 Å². The van der Waals surface area contributed by atoms with Crippen molar-refractivity contribution in [2.45, 2.75) is 33.6 Å². The Morgan fingerprint density at radius 1 is 1.00 bits per heavy atom. The van der Waals surface area contributed by atoms with E-state index >= 15 is 0 Å². The molecule has 7 heteroatoms. The van der Waals surface area contributed by atoms with Crippen LogP contribution < -0.4 is 15.5 Å². The third-order valence-corrected chi connectivity index (χ3v) is 4.01. The molecule has 0 bridgehead atoms. The lowest BCUT2D eigenvalue weighted by Crippen LogP contribution is -3.11. The lowest BCUT2D eigenvalue weighted by Gasteiger charge is -2.15. The van der Waals surface area contributed by atoms with Crippen LogP contribution in [0.1, 0.15) is 44.0 Å². The maximum atomic E-state index is 11.9. The minimum Gasteiger partial charge on any atom is -0.462 e. The van der Waals surface area contributed by atoms with Gasteiger partial charge < -0.3 is 20.3 Å². The summed E-state index contributed by atoms with van der Waals surface area (Å²) in [6, 6.07) is 6.24. The molecule has 2 amide bonds. The summed E-state index contributed by atoms with van der Waals surface area (Å²) in [7, 11) is 0. The molecule has 0 saturated carbocycles. The molecule has 0 unspecified atom stereocenters. The molecule has 0 saturated heterocycles. The van der Waals surface area contributed by atoms with Crippen LogP contribution in [-0.2, 0) is 14.3 Å². The first-order chi connectivity index (χ1) is 12.5. The summed E-state index contributed by atoms with van der Waals surface area (Å²) >= 11 is 0. The van der Waals surface area contributed by atoms with E-state index in [0.717, 1.165) is 32.5 Å². The highest BCUT2D eigenvalue weighted by molar-refractivity contribution is 6.39. The number of nitrogens with one attached hydrogen (secondary N) is 3. The molecule has 0 heterocycles. The van der Waals surface area contributed by atoms with Crippen LogP contribution in [0.3, 0.4) is 0 Å². The van der Waals surface area contributed by atoms with Gasteiger partial charge in [0.1, 0.15) is 0 Å². The van der Waals surface area contributed by atoms with Gasteiger partial charge in [0.05, 0.1) is 31.8 Å². The molecule has 0 atom stereocenters. The van der Waals surface area contributed by atoms with E-state index in [2.05, 4.69) is 24.5 Å². The van der Waals surface area contributed by atoms with Crippen molar-refractivity contribution in [1.29, 1.82) is 0 Å². The Hall–Kier alpha value is -2.41. The number of rotatable bonds is 10. The maximum absolute atomic E-state index is 11.9. The number of hydrogen-bond acceptors (Lipinski definition) is 4. The summed E-state index contributed by atoms with van der Waals surface area (Å²) in [5, 5.41) is 5.14. The van der Waals surface area contributed by atoms with Gasteiger partial charge in [-0.3, -0.25) is 9.59 Å². The second-order valence-electron chi connectivity index (χ2n) is 5.98. The minimum atomic E-state index is -0.721. The number of hydrogen-bond donors (Lipinski definition) is 3. The molecule has 26 heavy (non-hydrogen) atoms. The summed E-state index contributed by atoms with van der Waals surface area (Å²) in [5.41, 5.74) is 0.851. The predicted molar refractivity (Wildman–Crippen MR) is 100 cm³/mol. The fourth-order valence-electron chi connectivity index (χ4n) is 2.38. The first-order valence-electron chi connectivity index (χ1n) is 9.21. The molecule has 0 aromatic heterocycles. The van der Waals surface area contributed by atoms with E-state index in [4.69, 9.17) is 4.74 Å². The maximum Gasteiger partial charge on any atom is 0.338 e. The summed E-state index contributed by atoms with van der Waals surface area (Å²) in [6.45, 7) is 10.1. The van der Waals surface area contributed by atoms with Crippen LogP contribution in [0.4, 0.5) is 5.69 Å². The molecule has 0 aliphatic carbocycles. The lowest BCUT2D eigenvalue weighted by atomic mass is 10.2. The average Bonchev–Trinajstić information content (AvgIpc) is 2.66. The van der Waals surface area contributed by atoms with E-state index in [1.165, 1.54) is 4.90 Å². The van der Waals surface area contributed by atoms with Crippen LogP contribution in [-0.4, -0.2) is 50.6 Å². The van der Waals surface area contributed by atoms with E-state index in [-0.39, 0.29) is 0 Å². The molecule has 0 spiro atoms. The van der Waals surface area contributed by atoms with E-state index in [9.17, 15) is 14.4 Å². The SMILES string of the molecule is CCCOC(=O)c1ccc(NC(=O)C(=O)NCCC[NH+](CC)CC)cc1. The molecule has 1 aromatic rings. The van der Waals surface area contributed by atoms with Crippen molar-refractivity contribution < 1.29 is 24.0 Å². The summed E-state index contributed by atoms with van der Waals surface area (Å²) in [4.78, 5) is 36.9. The lowest BCUT2D eigenvalue weighted by molar-refractivity contribution is -0.896. The van der Waals surface area contributed by atoms with Gasteiger partial charge >= 0.3 is 17.8 Å². The van der Waals surface area contributed by atoms with Crippen molar-refractivity contribution in [2.24, 2.45) is 0 Å². The van der Waals surface area contributed by atoms with Crippen molar-refractivity contribution in [3.8, 4) is 0 Å². The molecule has 0 fully saturated rings. The van der Waals surface area contributed by atoms with Gasteiger partial charge in [0.15, 0.2) is 0 Å². The van der Waals surface area contributed by atoms with Crippen molar-refractivity contribution in [1.82, 2.24) is 5.32 Å². The average molecular weight is 364 g/mol. The molecule has 0 aliphatic rings. The van der Waals surface area contributed by atoms with Gasteiger partial charge in [-0.1, -0.05) is 6.92 Å². The molecular weight excluding hydrogens is 334 g/mol. The van der Waals surface area contributed by atoms with Gasteiger partial charge in [-0.15, -0.1) is 0 Å². The van der Waals surface area contributed by atoms with E-state index in [0.29, 0.717) is 24.4 Å². The first kappa shape index (κ1) is 21.6. The third-order valence-electron chi connectivity index (χ3n) is 4.01. The Morgan fingerprint density at radius 3 is 2.23 bits per heavy atom. The van der Waals surface area contributed by atoms with Gasteiger partial charge in [0, 0.05) is 18.7 Å². The number of carbonyl (C=O) groups is 3.